The highest BCUT2D eigenvalue weighted by Crippen LogP contribution is 2.33. The number of carbonyl (C=O) groups is 2. The molecule has 27 heavy (non-hydrogen) atoms. The first-order valence-corrected chi connectivity index (χ1v) is 9.38. The Hall–Kier alpha value is -2.44. The number of nitrogens with one attached hydrogen (secondary N) is 1. The topological polar surface area (TPSA) is 71.5 Å². The number of carbonyl (C=O) groups excluding carboxylic acids is 2. The molecule has 7 heteroatoms. The number of amides is 2. The molecule has 1 N–H and O–H groups in total. The lowest BCUT2D eigenvalue weighted by atomic mass is 9.88. The third-order valence-electron chi connectivity index (χ3n) is 5.14. The van der Waals surface area contributed by atoms with Crippen LogP contribution in [0.15, 0.2) is 48.8 Å². The van der Waals surface area contributed by atoms with E-state index in [0.29, 0.717) is 35.8 Å². The van der Waals surface area contributed by atoms with Crippen LogP contribution in [0.25, 0.3) is 0 Å². The molecule has 2 fully saturated rings. The van der Waals surface area contributed by atoms with Crippen molar-refractivity contribution in [1.29, 1.82) is 0 Å². The van der Waals surface area contributed by atoms with Gasteiger partial charge in [0.05, 0.1) is 29.9 Å². The third kappa shape index (κ3) is 3.82. The normalized spacial score (nSPS) is 24.3. The maximum atomic E-state index is 13.1. The first kappa shape index (κ1) is 17.9. The van der Waals surface area contributed by atoms with Gasteiger partial charge in [0.25, 0.3) is 5.91 Å². The smallest absolute Gasteiger partial charge is 0.254 e. The van der Waals surface area contributed by atoms with Gasteiger partial charge in [0, 0.05) is 29.9 Å². The van der Waals surface area contributed by atoms with E-state index in [1.807, 2.05) is 0 Å². The van der Waals surface area contributed by atoms with E-state index in [2.05, 4.69) is 10.3 Å². The van der Waals surface area contributed by atoms with Crippen LogP contribution in [-0.4, -0.2) is 47.0 Å². The molecule has 6 nitrogen and oxygen atoms in total. The van der Waals surface area contributed by atoms with Gasteiger partial charge in [-0.1, -0.05) is 17.7 Å². The predicted molar refractivity (Wildman–Crippen MR) is 102 cm³/mol. The third-order valence-corrected chi connectivity index (χ3v) is 5.38. The van der Waals surface area contributed by atoms with Gasteiger partial charge >= 0.3 is 0 Å². The summed E-state index contributed by atoms with van der Waals surface area (Å²) in [5.74, 6) is -0.578. The van der Waals surface area contributed by atoms with E-state index in [4.69, 9.17) is 16.3 Å². The van der Waals surface area contributed by atoms with Gasteiger partial charge in [0.15, 0.2) is 0 Å². The molecule has 0 spiro atoms. The molecule has 0 bridgehead atoms. The van der Waals surface area contributed by atoms with Crippen LogP contribution in [0.5, 0.6) is 0 Å². The van der Waals surface area contributed by atoms with Crippen LogP contribution in [0.1, 0.15) is 23.2 Å². The second-order valence-electron chi connectivity index (χ2n) is 6.90. The van der Waals surface area contributed by atoms with E-state index in [0.717, 1.165) is 6.42 Å². The van der Waals surface area contributed by atoms with Crippen LogP contribution >= 0.6 is 11.6 Å². The summed E-state index contributed by atoms with van der Waals surface area (Å²) in [5.41, 5.74) is 1.17. The number of pyridine rings is 1. The van der Waals surface area contributed by atoms with Gasteiger partial charge in [-0.2, -0.15) is 0 Å². The van der Waals surface area contributed by atoms with Crippen molar-refractivity contribution in [3.63, 3.8) is 0 Å². The maximum Gasteiger partial charge on any atom is 0.254 e. The van der Waals surface area contributed by atoms with Gasteiger partial charge in [-0.15, -0.1) is 0 Å². The fourth-order valence-corrected chi connectivity index (χ4v) is 4.03. The second-order valence-corrected chi connectivity index (χ2v) is 7.33. The molecule has 2 aliphatic heterocycles. The molecule has 1 aromatic heterocycles. The SMILES string of the molecule is O=C(Nc1cccnc1)[C@H]1C[C@H]2OCC[C@H]2N(C(=O)c2cccc(Cl)c2)C1. The lowest BCUT2D eigenvalue weighted by Crippen LogP contribution is -2.54. The molecule has 2 saturated heterocycles. The monoisotopic (exact) mass is 385 g/mol. The minimum absolute atomic E-state index is 0.000997. The van der Waals surface area contributed by atoms with Gasteiger partial charge in [0.2, 0.25) is 5.91 Å². The summed E-state index contributed by atoms with van der Waals surface area (Å²) in [5, 5.41) is 3.40. The molecule has 3 heterocycles. The zero-order chi connectivity index (χ0) is 18.8. The first-order chi connectivity index (χ1) is 13.1. The van der Waals surface area contributed by atoms with Gasteiger partial charge in [-0.25, -0.2) is 0 Å². The Balaban J connectivity index is 1.54. The van der Waals surface area contributed by atoms with Gasteiger partial charge in [0.1, 0.15) is 0 Å². The molecular weight excluding hydrogens is 366 g/mol. The van der Waals surface area contributed by atoms with Gasteiger partial charge in [-0.05, 0) is 43.2 Å². The van der Waals surface area contributed by atoms with Crippen LogP contribution in [0.2, 0.25) is 5.02 Å². The maximum absolute atomic E-state index is 13.1. The molecule has 1 aromatic carbocycles. The number of likely N-dealkylation sites (tertiary alicyclic amines) is 1. The largest absolute Gasteiger partial charge is 0.376 e. The molecule has 2 aromatic rings. The van der Waals surface area contributed by atoms with Crippen LogP contribution in [0, 0.1) is 5.92 Å². The summed E-state index contributed by atoms with van der Waals surface area (Å²) in [6.45, 7) is 0.966. The summed E-state index contributed by atoms with van der Waals surface area (Å²) in [7, 11) is 0. The zero-order valence-corrected chi connectivity index (χ0v) is 15.4. The van der Waals surface area contributed by atoms with E-state index in [9.17, 15) is 9.59 Å². The number of nitrogens with zero attached hydrogens (tertiary/aromatic N) is 2. The van der Waals surface area contributed by atoms with E-state index >= 15 is 0 Å². The molecule has 2 aliphatic rings. The molecule has 3 atom stereocenters. The van der Waals surface area contributed by atoms with Crippen molar-refractivity contribution in [3.05, 3.63) is 59.4 Å². The molecule has 0 radical (unpaired) electrons. The Bertz CT molecular complexity index is 845. The number of ether oxygens (including phenoxy) is 1. The van der Waals surface area contributed by atoms with Crippen molar-refractivity contribution in [2.75, 3.05) is 18.5 Å². The zero-order valence-electron chi connectivity index (χ0n) is 14.7. The Morgan fingerprint density at radius 1 is 1.26 bits per heavy atom. The van der Waals surface area contributed by atoms with Crippen molar-refractivity contribution in [3.8, 4) is 0 Å². The number of fused-ring (bicyclic) bond motifs is 1. The van der Waals surface area contributed by atoms with Crippen molar-refractivity contribution < 1.29 is 14.3 Å². The summed E-state index contributed by atoms with van der Waals surface area (Å²) in [6, 6.07) is 10.5. The van der Waals surface area contributed by atoms with Crippen molar-refractivity contribution in [1.82, 2.24) is 9.88 Å². The van der Waals surface area contributed by atoms with Gasteiger partial charge < -0.3 is 15.0 Å². The Labute approximate surface area is 162 Å². The summed E-state index contributed by atoms with van der Waals surface area (Å²) in [4.78, 5) is 31.6. The Kier molecular flexibility index (Phi) is 5.09. The first-order valence-electron chi connectivity index (χ1n) is 9.01. The Morgan fingerprint density at radius 2 is 2.15 bits per heavy atom. The predicted octanol–water partition coefficient (Wildman–Crippen LogP) is 2.99. The van der Waals surface area contributed by atoms with Crippen molar-refractivity contribution >= 4 is 29.1 Å². The van der Waals surface area contributed by atoms with E-state index in [1.165, 1.54) is 0 Å². The minimum Gasteiger partial charge on any atom is -0.376 e. The second kappa shape index (κ2) is 7.66. The molecular formula is C20H20ClN3O3. The summed E-state index contributed by atoms with van der Waals surface area (Å²) in [6.07, 6.45) is 4.53. The number of rotatable bonds is 3. The van der Waals surface area contributed by atoms with E-state index < -0.39 is 0 Å². The average Bonchev–Trinajstić information content (AvgIpc) is 3.16. The van der Waals surface area contributed by atoms with Crippen LogP contribution in [-0.2, 0) is 9.53 Å². The highest BCUT2D eigenvalue weighted by molar-refractivity contribution is 6.30. The van der Waals surface area contributed by atoms with Gasteiger partial charge in [-0.3, -0.25) is 14.6 Å². The van der Waals surface area contributed by atoms with Crippen molar-refractivity contribution in [2.45, 2.75) is 25.0 Å². The molecule has 0 saturated carbocycles. The van der Waals surface area contributed by atoms with E-state index in [-0.39, 0.29) is 29.9 Å². The number of hydrogen-bond acceptors (Lipinski definition) is 4. The standard InChI is InChI=1S/C20H20ClN3O3/c21-15-4-1-3-13(9-15)20(26)24-12-14(10-18-17(24)6-8-27-18)19(25)23-16-5-2-7-22-11-16/h1-5,7,9,11,14,17-18H,6,8,10,12H2,(H,23,25)/t14-,17+,18+/m0/s1. The highest BCUT2D eigenvalue weighted by Gasteiger charge is 2.44. The van der Waals surface area contributed by atoms with Crippen LogP contribution in [0.4, 0.5) is 5.69 Å². The highest BCUT2D eigenvalue weighted by atomic mass is 35.5. The molecule has 2 amide bonds. The van der Waals surface area contributed by atoms with Crippen molar-refractivity contribution in [2.24, 2.45) is 5.92 Å². The lowest BCUT2D eigenvalue weighted by Gasteiger charge is -2.40. The number of aromatic nitrogens is 1. The molecule has 140 valence electrons. The van der Waals surface area contributed by atoms with E-state index in [1.54, 1.807) is 53.7 Å². The Morgan fingerprint density at radius 3 is 2.93 bits per heavy atom. The molecule has 0 unspecified atom stereocenters. The quantitative estimate of drug-likeness (QED) is 0.881. The molecule has 0 aliphatic carbocycles. The number of hydrogen-bond donors (Lipinski definition) is 1. The fourth-order valence-electron chi connectivity index (χ4n) is 3.84. The lowest BCUT2D eigenvalue weighted by molar-refractivity contribution is -0.123. The number of halogens is 1. The summed E-state index contributed by atoms with van der Waals surface area (Å²) < 4.78 is 5.82. The van der Waals surface area contributed by atoms with Crippen LogP contribution in [0.3, 0.4) is 0 Å². The summed E-state index contributed by atoms with van der Waals surface area (Å²) >= 11 is 6.04. The average molecular weight is 386 g/mol. The number of piperidine rings is 1. The molecule has 4 rings (SSSR count). The number of anilines is 1. The van der Waals surface area contributed by atoms with Crippen LogP contribution < -0.4 is 5.32 Å². The fraction of sp³-hybridized carbons (Fsp3) is 0.350. The minimum atomic E-state index is -0.340. The number of benzene rings is 1.